The number of hydrogen-bond donors (Lipinski definition) is 1. The summed E-state index contributed by atoms with van der Waals surface area (Å²) in [6.07, 6.45) is -4.44. The van der Waals surface area contributed by atoms with Crippen LogP contribution in [0.2, 0.25) is 5.15 Å². The molecule has 0 amide bonds. The molecule has 0 fully saturated rings. The van der Waals surface area contributed by atoms with Gasteiger partial charge in [-0.3, -0.25) is 14.3 Å². The third-order valence-corrected chi connectivity index (χ3v) is 2.77. The number of nitrogens with one attached hydrogen (secondary N) is 1. The normalized spacial score (nSPS) is 12.2. The summed E-state index contributed by atoms with van der Waals surface area (Å²) in [7, 11) is 0. The fraction of sp³-hybridized carbons (Fsp3) is 0.636. The highest BCUT2D eigenvalue weighted by atomic mass is 35.5. The van der Waals surface area contributed by atoms with E-state index in [1.807, 2.05) is 0 Å². The number of hydrogen-bond acceptors (Lipinski definition) is 3. The van der Waals surface area contributed by atoms with Gasteiger partial charge in [-0.1, -0.05) is 25.4 Å². The van der Waals surface area contributed by atoms with Crippen LogP contribution in [0, 0.1) is 0 Å². The number of H-pyrrole nitrogens is 1. The minimum atomic E-state index is -4.44. The monoisotopic (exact) mass is 314 g/mol. The Balaban J connectivity index is 2.89. The lowest BCUT2D eigenvalue weighted by atomic mass is 10.1. The predicted molar refractivity (Wildman–Crippen MR) is 67.3 cm³/mol. The third kappa shape index (κ3) is 4.38. The molecule has 1 aromatic rings. The molecule has 0 saturated carbocycles. The van der Waals surface area contributed by atoms with Gasteiger partial charge in [0.25, 0.3) is 5.56 Å². The van der Waals surface area contributed by atoms with E-state index in [1.165, 1.54) is 0 Å². The van der Waals surface area contributed by atoms with Crippen LogP contribution < -0.4 is 11.2 Å². The topological polar surface area (TPSA) is 64.1 Å². The summed E-state index contributed by atoms with van der Waals surface area (Å²) in [5, 5.41) is -0.0533. The molecule has 0 atom stereocenters. The average molecular weight is 315 g/mol. The molecule has 0 aromatic carbocycles. The van der Waals surface area contributed by atoms with E-state index in [-0.39, 0.29) is 23.2 Å². The summed E-state index contributed by atoms with van der Waals surface area (Å²) in [5.41, 5.74) is -1.19. The van der Waals surface area contributed by atoms with E-state index in [1.54, 1.807) is 13.8 Å². The summed E-state index contributed by atoms with van der Waals surface area (Å²) in [4.78, 5) is 25.9. The number of halogens is 4. The van der Waals surface area contributed by atoms with Gasteiger partial charge in [-0.25, -0.2) is 4.79 Å². The quantitative estimate of drug-likeness (QED) is 0.667. The van der Waals surface area contributed by atoms with Gasteiger partial charge in [0.05, 0.1) is 18.7 Å². The Morgan fingerprint density at radius 1 is 1.35 bits per heavy atom. The maximum Gasteiger partial charge on any atom is 0.411 e. The Labute approximate surface area is 117 Å². The largest absolute Gasteiger partial charge is 0.411 e. The predicted octanol–water partition coefficient (Wildman–Crippen LogP) is 1.89. The Morgan fingerprint density at radius 2 is 1.95 bits per heavy atom. The maximum absolute atomic E-state index is 12.0. The molecular weight excluding hydrogens is 301 g/mol. The Hall–Kier alpha value is -1.28. The molecule has 9 heteroatoms. The Kier molecular flexibility index (Phi) is 5.41. The molecule has 0 saturated heterocycles. The van der Waals surface area contributed by atoms with Crippen molar-refractivity contribution >= 4 is 11.6 Å². The van der Waals surface area contributed by atoms with E-state index in [4.69, 9.17) is 11.6 Å². The lowest BCUT2D eigenvalue weighted by molar-refractivity contribution is -0.174. The van der Waals surface area contributed by atoms with Crippen LogP contribution in [0.3, 0.4) is 0 Å². The highest BCUT2D eigenvalue weighted by Gasteiger charge is 2.27. The molecule has 0 radical (unpaired) electrons. The van der Waals surface area contributed by atoms with Crippen molar-refractivity contribution in [2.45, 2.75) is 32.5 Å². The minimum absolute atomic E-state index is 0.0533. The zero-order valence-corrected chi connectivity index (χ0v) is 11.6. The molecule has 0 aliphatic heterocycles. The molecule has 0 aliphatic carbocycles. The molecule has 5 nitrogen and oxygen atoms in total. The molecule has 0 spiro atoms. The Morgan fingerprint density at radius 3 is 2.45 bits per heavy atom. The maximum atomic E-state index is 12.0. The van der Waals surface area contributed by atoms with Gasteiger partial charge < -0.3 is 4.74 Å². The second-order valence-electron chi connectivity index (χ2n) is 4.44. The molecule has 20 heavy (non-hydrogen) atoms. The molecular formula is C11H14ClF3N2O3. The molecule has 0 bridgehead atoms. The summed E-state index contributed by atoms with van der Waals surface area (Å²) in [5.74, 6) is -0.228. The first kappa shape index (κ1) is 16.8. The highest BCUT2D eigenvalue weighted by Crippen LogP contribution is 2.16. The van der Waals surface area contributed by atoms with Gasteiger partial charge in [-0.2, -0.15) is 13.2 Å². The summed E-state index contributed by atoms with van der Waals surface area (Å²) in [6.45, 7) is 1.32. The number of ether oxygens (including phenoxy) is 1. The lowest BCUT2D eigenvalue weighted by Crippen LogP contribution is -2.39. The first-order valence-corrected chi connectivity index (χ1v) is 6.18. The molecule has 1 aromatic heterocycles. The first-order valence-electron chi connectivity index (χ1n) is 5.80. The van der Waals surface area contributed by atoms with Crippen molar-refractivity contribution in [3.63, 3.8) is 0 Å². The van der Waals surface area contributed by atoms with Crippen molar-refractivity contribution in [2.24, 2.45) is 0 Å². The number of alkyl halides is 3. The second-order valence-corrected chi connectivity index (χ2v) is 4.82. The number of rotatable bonds is 5. The van der Waals surface area contributed by atoms with Gasteiger partial charge in [0, 0.05) is 0 Å². The van der Waals surface area contributed by atoms with Crippen molar-refractivity contribution in [2.75, 3.05) is 13.2 Å². The van der Waals surface area contributed by atoms with Crippen LogP contribution in [0.25, 0.3) is 0 Å². The van der Waals surface area contributed by atoms with Crippen LogP contribution in [0.1, 0.15) is 25.3 Å². The van der Waals surface area contributed by atoms with Gasteiger partial charge in [0.15, 0.2) is 0 Å². The smallest absolute Gasteiger partial charge is 0.370 e. The zero-order valence-electron chi connectivity index (χ0n) is 10.9. The van der Waals surface area contributed by atoms with Gasteiger partial charge in [-0.15, -0.1) is 0 Å². The number of aromatic amines is 1. The third-order valence-electron chi connectivity index (χ3n) is 2.48. The van der Waals surface area contributed by atoms with E-state index in [2.05, 4.69) is 9.72 Å². The molecule has 1 rings (SSSR count). The summed E-state index contributed by atoms with van der Waals surface area (Å²) in [6, 6.07) is 0. The minimum Gasteiger partial charge on any atom is -0.370 e. The average Bonchev–Trinajstić information content (AvgIpc) is 2.24. The molecule has 114 valence electrons. The van der Waals surface area contributed by atoms with Gasteiger partial charge >= 0.3 is 11.9 Å². The standard InChI is InChI=1S/C11H14ClF3N2O3/c1-6(2)7-8(12)16-10(19)17(9(7)18)3-4-20-5-11(13,14)15/h6H,3-5H2,1-2H3,(H,16,19). The molecule has 0 aliphatic rings. The van der Waals surface area contributed by atoms with E-state index in [0.717, 1.165) is 4.57 Å². The fourth-order valence-electron chi connectivity index (χ4n) is 1.61. The van der Waals surface area contributed by atoms with Gasteiger partial charge in [0.2, 0.25) is 0 Å². The van der Waals surface area contributed by atoms with E-state index in [9.17, 15) is 22.8 Å². The first-order chi connectivity index (χ1) is 9.13. The number of aromatic nitrogens is 2. The zero-order chi connectivity index (χ0) is 15.5. The van der Waals surface area contributed by atoms with Crippen LogP contribution in [-0.2, 0) is 11.3 Å². The van der Waals surface area contributed by atoms with Crippen LogP contribution in [0.4, 0.5) is 13.2 Å². The fourth-order valence-corrected chi connectivity index (χ4v) is 1.99. The van der Waals surface area contributed by atoms with E-state index >= 15 is 0 Å². The van der Waals surface area contributed by atoms with Crippen LogP contribution in [-0.4, -0.2) is 28.9 Å². The van der Waals surface area contributed by atoms with E-state index < -0.39 is 30.6 Å². The molecule has 1 heterocycles. The summed E-state index contributed by atoms with van der Waals surface area (Å²) < 4.78 is 40.8. The van der Waals surface area contributed by atoms with Gasteiger partial charge in [0.1, 0.15) is 11.8 Å². The SMILES string of the molecule is CC(C)c1c(Cl)[nH]c(=O)n(CCOCC(F)(F)F)c1=O. The van der Waals surface area contributed by atoms with Crippen LogP contribution in [0.15, 0.2) is 9.59 Å². The highest BCUT2D eigenvalue weighted by molar-refractivity contribution is 6.30. The second kappa shape index (κ2) is 6.45. The van der Waals surface area contributed by atoms with Crippen molar-refractivity contribution < 1.29 is 17.9 Å². The van der Waals surface area contributed by atoms with Crippen molar-refractivity contribution in [3.05, 3.63) is 31.6 Å². The van der Waals surface area contributed by atoms with Crippen LogP contribution in [0.5, 0.6) is 0 Å². The Bertz CT molecular complexity index is 578. The molecule has 0 unspecified atom stereocenters. The van der Waals surface area contributed by atoms with Crippen LogP contribution >= 0.6 is 11.6 Å². The van der Waals surface area contributed by atoms with E-state index in [0.29, 0.717) is 0 Å². The van der Waals surface area contributed by atoms with Crippen molar-refractivity contribution in [1.82, 2.24) is 9.55 Å². The summed E-state index contributed by atoms with van der Waals surface area (Å²) >= 11 is 5.77. The van der Waals surface area contributed by atoms with Crippen molar-refractivity contribution in [3.8, 4) is 0 Å². The van der Waals surface area contributed by atoms with Crippen molar-refractivity contribution in [1.29, 1.82) is 0 Å². The molecule has 1 N–H and O–H groups in total. The lowest BCUT2D eigenvalue weighted by Gasteiger charge is -2.12. The number of nitrogens with zero attached hydrogens (tertiary/aromatic N) is 1. The van der Waals surface area contributed by atoms with Gasteiger partial charge in [-0.05, 0) is 5.92 Å².